The van der Waals surface area contributed by atoms with E-state index in [1.165, 1.54) is 21.3 Å². The molecule has 142 valence electrons. The first-order valence-corrected chi connectivity index (χ1v) is 8.34. The predicted octanol–water partition coefficient (Wildman–Crippen LogP) is 3.67. The minimum Gasteiger partial charge on any atom is -0.493 e. The Hall–Kier alpha value is -3.35. The molecular formula is C20H21NO6. The van der Waals surface area contributed by atoms with Gasteiger partial charge in [-0.2, -0.15) is 0 Å². The van der Waals surface area contributed by atoms with Crippen LogP contribution in [0, 0.1) is 0 Å². The molecule has 0 radical (unpaired) electrons. The normalized spacial score (nSPS) is 10.7. The van der Waals surface area contributed by atoms with E-state index in [1.807, 2.05) is 6.92 Å². The Labute approximate surface area is 156 Å². The molecule has 0 saturated heterocycles. The van der Waals surface area contributed by atoms with Crippen molar-refractivity contribution in [3.8, 4) is 23.0 Å². The summed E-state index contributed by atoms with van der Waals surface area (Å²) in [6, 6.07) is 8.47. The van der Waals surface area contributed by atoms with Crippen LogP contribution in [-0.4, -0.2) is 33.7 Å². The molecule has 0 aliphatic heterocycles. The van der Waals surface area contributed by atoms with E-state index in [0.29, 0.717) is 46.1 Å². The molecule has 7 heteroatoms. The third-order valence-electron chi connectivity index (χ3n) is 4.16. The fourth-order valence-corrected chi connectivity index (χ4v) is 2.97. The molecule has 0 aliphatic carbocycles. The van der Waals surface area contributed by atoms with Gasteiger partial charge in [0, 0.05) is 10.9 Å². The summed E-state index contributed by atoms with van der Waals surface area (Å²) in [5.74, 6) is 1.39. The number of furan rings is 1. The summed E-state index contributed by atoms with van der Waals surface area (Å²) in [7, 11) is 4.47. The first kappa shape index (κ1) is 18.4. The van der Waals surface area contributed by atoms with Crippen molar-refractivity contribution in [1.29, 1.82) is 0 Å². The number of rotatable bonds is 7. The molecule has 0 aliphatic rings. The van der Waals surface area contributed by atoms with Crippen LogP contribution in [0.1, 0.15) is 22.8 Å². The lowest BCUT2D eigenvalue weighted by molar-refractivity contribution is 0.103. The summed E-state index contributed by atoms with van der Waals surface area (Å²) in [5.41, 5.74) is 7.06. The number of hydrogen-bond donors (Lipinski definition) is 1. The SMILES string of the molecule is CCOc1cccc2c(C(=O)c3cc(OC)c(OC)c(OC)c3)c(N)oc12. The lowest BCUT2D eigenvalue weighted by Gasteiger charge is -2.13. The van der Waals surface area contributed by atoms with Crippen molar-refractivity contribution in [1.82, 2.24) is 0 Å². The van der Waals surface area contributed by atoms with Gasteiger partial charge in [-0.05, 0) is 25.1 Å². The third-order valence-corrected chi connectivity index (χ3v) is 4.16. The van der Waals surface area contributed by atoms with Crippen LogP contribution in [0.4, 0.5) is 5.88 Å². The molecule has 1 heterocycles. The molecule has 0 spiro atoms. The summed E-state index contributed by atoms with van der Waals surface area (Å²) in [5, 5.41) is 0.581. The maximum absolute atomic E-state index is 13.2. The van der Waals surface area contributed by atoms with Gasteiger partial charge in [0.15, 0.2) is 28.6 Å². The molecule has 0 bridgehead atoms. The second-order valence-corrected chi connectivity index (χ2v) is 5.65. The quantitative estimate of drug-likeness (QED) is 0.633. The van der Waals surface area contributed by atoms with Gasteiger partial charge in [0.25, 0.3) is 0 Å². The Balaban J connectivity index is 2.17. The van der Waals surface area contributed by atoms with E-state index < -0.39 is 0 Å². The van der Waals surface area contributed by atoms with Gasteiger partial charge < -0.3 is 29.1 Å². The number of carbonyl (C=O) groups is 1. The summed E-state index contributed by atoms with van der Waals surface area (Å²) in [6.07, 6.45) is 0. The van der Waals surface area contributed by atoms with Crippen LogP contribution in [0.15, 0.2) is 34.7 Å². The van der Waals surface area contributed by atoms with Crippen molar-refractivity contribution in [2.24, 2.45) is 0 Å². The van der Waals surface area contributed by atoms with E-state index in [2.05, 4.69) is 0 Å². The van der Waals surface area contributed by atoms with Gasteiger partial charge in [-0.25, -0.2) is 0 Å². The average molecular weight is 371 g/mol. The van der Waals surface area contributed by atoms with Crippen LogP contribution in [0.25, 0.3) is 11.0 Å². The Morgan fingerprint density at radius 2 is 1.70 bits per heavy atom. The van der Waals surface area contributed by atoms with Crippen molar-refractivity contribution < 1.29 is 28.2 Å². The third kappa shape index (κ3) is 3.12. The number of para-hydroxylation sites is 1. The van der Waals surface area contributed by atoms with Crippen molar-refractivity contribution in [3.63, 3.8) is 0 Å². The Morgan fingerprint density at radius 3 is 2.26 bits per heavy atom. The maximum atomic E-state index is 13.2. The highest BCUT2D eigenvalue weighted by Gasteiger charge is 2.25. The standard InChI is InChI=1S/C20H21NO6/c1-5-26-13-8-6-7-12-16(20(21)27-18(12)13)17(22)11-9-14(23-2)19(25-4)15(10-11)24-3/h6-10H,5,21H2,1-4H3. The monoisotopic (exact) mass is 371 g/mol. The number of hydrogen-bond acceptors (Lipinski definition) is 7. The van der Waals surface area contributed by atoms with Crippen LogP contribution >= 0.6 is 0 Å². The average Bonchev–Trinajstić information content (AvgIpc) is 3.03. The first-order valence-electron chi connectivity index (χ1n) is 8.34. The number of nitrogens with two attached hydrogens (primary N) is 1. The van der Waals surface area contributed by atoms with Crippen molar-refractivity contribution in [2.75, 3.05) is 33.7 Å². The first-order chi connectivity index (χ1) is 13.0. The van der Waals surface area contributed by atoms with E-state index in [0.717, 1.165) is 0 Å². The molecule has 7 nitrogen and oxygen atoms in total. The zero-order valence-corrected chi connectivity index (χ0v) is 15.6. The lowest BCUT2D eigenvalue weighted by Crippen LogP contribution is -2.05. The van der Waals surface area contributed by atoms with E-state index in [9.17, 15) is 4.79 Å². The Morgan fingerprint density at radius 1 is 1.04 bits per heavy atom. The fourth-order valence-electron chi connectivity index (χ4n) is 2.97. The second-order valence-electron chi connectivity index (χ2n) is 5.65. The molecule has 1 aromatic heterocycles. The van der Waals surface area contributed by atoms with E-state index >= 15 is 0 Å². The van der Waals surface area contributed by atoms with Gasteiger partial charge in [0.1, 0.15) is 0 Å². The number of anilines is 1. The van der Waals surface area contributed by atoms with Crippen LogP contribution in [0.2, 0.25) is 0 Å². The van der Waals surface area contributed by atoms with E-state index in [4.69, 9.17) is 29.1 Å². The highest BCUT2D eigenvalue weighted by atomic mass is 16.5. The number of carbonyl (C=O) groups excluding carboxylic acids is 1. The highest BCUT2D eigenvalue weighted by Crippen LogP contribution is 2.40. The Kier molecular flexibility index (Phi) is 5.12. The van der Waals surface area contributed by atoms with Gasteiger partial charge >= 0.3 is 0 Å². The van der Waals surface area contributed by atoms with Crippen LogP contribution in [-0.2, 0) is 0 Å². The molecule has 27 heavy (non-hydrogen) atoms. The molecule has 0 atom stereocenters. The summed E-state index contributed by atoms with van der Waals surface area (Å²) >= 11 is 0. The minimum absolute atomic E-state index is 0.0240. The van der Waals surface area contributed by atoms with Gasteiger partial charge in [-0.15, -0.1) is 0 Å². The van der Waals surface area contributed by atoms with E-state index in [-0.39, 0.29) is 17.2 Å². The molecule has 3 rings (SSSR count). The number of ketones is 1. The summed E-state index contributed by atoms with van der Waals surface area (Å²) in [4.78, 5) is 13.2. The van der Waals surface area contributed by atoms with Crippen molar-refractivity contribution >= 4 is 22.6 Å². The van der Waals surface area contributed by atoms with Gasteiger partial charge in [0.05, 0.1) is 33.5 Å². The lowest BCUT2D eigenvalue weighted by atomic mass is 10.0. The summed E-state index contributed by atoms with van der Waals surface area (Å²) in [6.45, 7) is 2.34. The van der Waals surface area contributed by atoms with Crippen LogP contribution in [0.5, 0.6) is 23.0 Å². The number of nitrogen functional groups attached to an aromatic ring is 1. The number of benzene rings is 2. The van der Waals surface area contributed by atoms with Crippen LogP contribution < -0.4 is 24.7 Å². The zero-order chi connectivity index (χ0) is 19.6. The molecule has 2 aromatic carbocycles. The maximum Gasteiger partial charge on any atom is 0.203 e. The highest BCUT2D eigenvalue weighted by molar-refractivity contribution is 6.19. The second kappa shape index (κ2) is 7.49. The fraction of sp³-hybridized carbons (Fsp3) is 0.250. The molecule has 0 unspecified atom stereocenters. The van der Waals surface area contributed by atoms with Crippen LogP contribution in [0.3, 0.4) is 0 Å². The van der Waals surface area contributed by atoms with Gasteiger partial charge in [-0.3, -0.25) is 4.79 Å². The molecular weight excluding hydrogens is 350 g/mol. The summed E-state index contributed by atoms with van der Waals surface area (Å²) < 4.78 is 27.1. The largest absolute Gasteiger partial charge is 0.493 e. The molecule has 0 fully saturated rings. The van der Waals surface area contributed by atoms with Crippen molar-refractivity contribution in [3.05, 3.63) is 41.5 Å². The number of methoxy groups -OCH3 is 3. The van der Waals surface area contributed by atoms with Gasteiger partial charge in [0.2, 0.25) is 11.6 Å². The minimum atomic E-state index is -0.320. The topological polar surface area (TPSA) is 93.2 Å². The molecule has 0 amide bonds. The predicted molar refractivity (Wildman–Crippen MR) is 101 cm³/mol. The molecule has 3 aromatic rings. The van der Waals surface area contributed by atoms with Crippen molar-refractivity contribution in [2.45, 2.75) is 6.92 Å². The Bertz CT molecular complexity index is 967. The zero-order valence-electron chi connectivity index (χ0n) is 15.6. The molecule has 0 saturated carbocycles. The smallest absolute Gasteiger partial charge is 0.203 e. The van der Waals surface area contributed by atoms with E-state index in [1.54, 1.807) is 30.3 Å². The number of ether oxygens (including phenoxy) is 4. The van der Waals surface area contributed by atoms with Gasteiger partial charge in [-0.1, -0.05) is 12.1 Å². The number of fused-ring (bicyclic) bond motifs is 1. The molecule has 2 N–H and O–H groups in total.